The molecule has 1 fully saturated rings. The molecule has 1 heterocycles. The van der Waals surface area contributed by atoms with Gasteiger partial charge in [0.05, 0.1) is 22.8 Å². The van der Waals surface area contributed by atoms with Crippen LogP contribution in [0.4, 0.5) is 4.39 Å². The van der Waals surface area contributed by atoms with E-state index in [4.69, 9.17) is 0 Å². The number of carbonyl (C=O) groups excluding carboxylic acids is 1. The van der Waals surface area contributed by atoms with Gasteiger partial charge >= 0.3 is 0 Å². The van der Waals surface area contributed by atoms with E-state index < -0.39 is 10.0 Å². The van der Waals surface area contributed by atoms with Gasteiger partial charge in [0, 0.05) is 23.7 Å². The van der Waals surface area contributed by atoms with Gasteiger partial charge in [-0.25, -0.2) is 22.2 Å². The number of nitrogens with zero attached hydrogens (tertiary/aromatic N) is 2. The number of carbonyl (C=O) groups is 1. The highest BCUT2D eigenvalue weighted by Crippen LogP contribution is 2.23. The van der Waals surface area contributed by atoms with Crippen LogP contribution in [0.25, 0.3) is 5.69 Å². The number of nitrogens with one attached hydrogen (secondary N) is 2. The first-order chi connectivity index (χ1) is 15.7. The minimum atomic E-state index is -3.47. The van der Waals surface area contributed by atoms with Crippen LogP contribution in [0.3, 0.4) is 0 Å². The van der Waals surface area contributed by atoms with Gasteiger partial charge in [-0.2, -0.15) is 5.10 Å². The fourth-order valence-corrected chi connectivity index (χ4v) is 4.97. The smallest absolute Gasteiger partial charge is 0.240 e. The Morgan fingerprint density at radius 3 is 2.45 bits per heavy atom. The lowest BCUT2D eigenvalue weighted by atomic mass is 10.1. The number of halogens is 1. The Labute approximate surface area is 193 Å². The molecule has 9 heteroatoms. The molecule has 33 heavy (non-hydrogen) atoms. The summed E-state index contributed by atoms with van der Waals surface area (Å²) in [6, 6.07) is 12.5. The van der Waals surface area contributed by atoms with E-state index in [0.29, 0.717) is 6.42 Å². The maximum atomic E-state index is 13.2. The number of benzene rings is 2. The zero-order chi connectivity index (χ0) is 23.6. The number of hydrogen-bond donors (Lipinski definition) is 2. The summed E-state index contributed by atoms with van der Waals surface area (Å²) < 4.78 is 42.1. The van der Waals surface area contributed by atoms with E-state index >= 15 is 0 Å². The molecular formula is C24H27FN4O3S. The maximum absolute atomic E-state index is 13.2. The molecule has 3 aromatic rings. The molecule has 7 nitrogen and oxygen atoms in total. The molecule has 2 aromatic carbocycles. The number of rotatable bonds is 9. The van der Waals surface area contributed by atoms with E-state index in [2.05, 4.69) is 15.1 Å². The zero-order valence-corrected chi connectivity index (χ0v) is 19.4. The van der Waals surface area contributed by atoms with E-state index in [1.165, 1.54) is 12.1 Å². The summed E-state index contributed by atoms with van der Waals surface area (Å²) >= 11 is 0. The van der Waals surface area contributed by atoms with Crippen molar-refractivity contribution in [3.05, 3.63) is 77.4 Å². The summed E-state index contributed by atoms with van der Waals surface area (Å²) in [6.45, 7) is 3.80. The van der Waals surface area contributed by atoms with Crippen LogP contribution in [0, 0.1) is 12.7 Å². The summed E-state index contributed by atoms with van der Waals surface area (Å²) in [4.78, 5) is 12.7. The minimum absolute atomic E-state index is 0.0618. The van der Waals surface area contributed by atoms with E-state index in [1.807, 2.05) is 13.8 Å². The van der Waals surface area contributed by atoms with Crippen LogP contribution in [0.5, 0.6) is 0 Å². The molecule has 0 spiro atoms. The fourth-order valence-electron chi connectivity index (χ4n) is 3.66. The van der Waals surface area contributed by atoms with Crippen molar-refractivity contribution >= 4 is 15.9 Å². The summed E-state index contributed by atoms with van der Waals surface area (Å²) in [7, 11) is -3.47. The van der Waals surface area contributed by atoms with Crippen molar-refractivity contribution in [2.45, 2.75) is 56.5 Å². The largest absolute Gasteiger partial charge is 0.349 e. The molecule has 1 unspecified atom stereocenters. The van der Waals surface area contributed by atoms with E-state index in [1.54, 1.807) is 47.3 Å². The Bertz CT molecular complexity index is 1230. The second-order valence-corrected chi connectivity index (χ2v) is 10.1. The molecule has 0 radical (unpaired) electrons. The van der Waals surface area contributed by atoms with E-state index in [9.17, 15) is 17.6 Å². The molecule has 0 aliphatic heterocycles. The average molecular weight is 471 g/mol. The Morgan fingerprint density at radius 2 is 1.82 bits per heavy atom. The molecule has 0 saturated heterocycles. The van der Waals surface area contributed by atoms with Gasteiger partial charge in [-0.05, 0) is 75.1 Å². The molecule has 2 N–H and O–H groups in total. The fraction of sp³-hybridized carbons (Fsp3) is 0.333. The van der Waals surface area contributed by atoms with Crippen LogP contribution in [-0.4, -0.2) is 30.1 Å². The van der Waals surface area contributed by atoms with Crippen molar-refractivity contribution in [3.8, 4) is 5.69 Å². The van der Waals surface area contributed by atoms with Gasteiger partial charge in [-0.3, -0.25) is 4.79 Å². The highest BCUT2D eigenvalue weighted by Gasteiger charge is 2.27. The molecule has 1 saturated carbocycles. The van der Waals surface area contributed by atoms with Gasteiger partial charge < -0.3 is 5.32 Å². The van der Waals surface area contributed by atoms with Crippen molar-refractivity contribution in [3.63, 3.8) is 0 Å². The van der Waals surface area contributed by atoms with Crippen LogP contribution in [0.15, 0.2) is 59.6 Å². The molecule has 1 aliphatic rings. The van der Waals surface area contributed by atoms with Crippen LogP contribution < -0.4 is 10.0 Å². The van der Waals surface area contributed by atoms with Crippen molar-refractivity contribution in [1.82, 2.24) is 19.8 Å². The van der Waals surface area contributed by atoms with E-state index in [0.717, 1.165) is 35.3 Å². The van der Waals surface area contributed by atoms with Crippen LogP contribution in [-0.2, 0) is 21.2 Å². The third-order valence-electron chi connectivity index (χ3n) is 5.74. The predicted octanol–water partition coefficient (Wildman–Crippen LogP) is 3.57. The normalized spacial score (nSPS) is 14.8. The molecule has 4 rings (SSSR count). The topological polar surface area (TPSA) is 93.1 Å². The van der Waals surface area contributed by atoms with Gasteiger partial charge in [0.15, 0.2) is 0 Å². The molecule has 1 aromatic heterocycles. The molecule has 1 amide bonds. The first-order valence-electron chi connectivity index (χ1n) is 10.9. The molecule has 1 aliphatic carbocycles. The predicted molar refractivity (Wildman–Crippen MR) is 123 cm³/mol. The van der Waals surface area contributed by atoms with Crippen LogP contribution >= 0.6 is 0 Å². The van der Waals surface area contributed by atoms with Gasteiger partial charge in [-0.1, -0.05) is 12.1 Å². The lowest BCUT2D eigenvalue weighted by molar-refractivity contribution is -0.121. The summed E-state index contributed by atoms with van der Waals surface area (Å²) in [5.41, 5.74) is 3.39. The number of sulfonamides is 1. The molecule has 174 valence electrons. The van der Waals surface area contributed by atoms with Gasteiger partial charge in [0.1, 0.15) is 5.82 Å². The Hall–Kier alpha value is -3.04. The second-order valence-electron chi connectivity index (χ2n) is 8.40. The number of aromatic nitrogens is 2. The lowest BCUT2D eigenvalue weighted by Gasteiger charge is -2.14. The monoisotopic (exact) mass is 470 g/mol. The Balaban J connectivity index is 1.32. The first-order valence-corrected chi connectivity index (χ1v) is 12.4. The highest BCUT2D eigenvalue weighted by molar-refractivity contribution is 7.89. The van der Waals surface area contributed by atoms with E-state index in [-0.39, 0.29) is 35.1 Å². The van der Waals surface area contributed by atoms with Gasteiger partial charge in [0.2, 0.25) is 15.9 Å². The Kier molecular flexibility index (Phi) is 6.62. The summed E-state index contributed by atoms with van der Waals surface area (Å²) in [6.07, 6.45) is 4.26. The third kappa shape index (κ3) is 5.66. The third-order valence-corrected chi connectivity index (χ3v) is 7.27. The number of hydrogen-bond acceptors (Lipinski definition) is 4. The van der Waals surface area contributed by atoms with Gasteiger partial charge in [0.25, 0.3) is 0 Å². The lowest BCUT2D eigenvalue weighted by Crippen LogP contribution is -2.27. The molecular weight excluding hydrogens is 443 g/mol. The SMILES string of the molecule is Cc1c(C(C)NC(=O)CCc2ccc(S(=O)(=O)NC3CC3)cc2)cnn1-c1ccc(F)cc1. The Morgan fingerprint density at radius 1 is 1.15 bits per heavy atom. The quantitative estimate of drug-likeness (QED) is 0.500. The zero-order valence-electron chi connectivity index (χ0n) is 18.6. The standard InChI is InChI=1S/C24H27FN4O3S/c1-16(23-15-26-29(17(23)2)21-10-6-19(25)7-11-21)27-24(30)14-5-18-3-12-22(13-4-18)33(31,32)28-20-8-9-20/h3-4,6-7,10-13,15-16,20,28H,5,8-9,14H2,1-2H3,(H,27,30). The second kappa shape index (κ2) is 9.44. The average Bonchev–Trinajstić information content (AvgIpc) is 3.50. The van der Waals surface area contributed by atoms with Crippen LogP contribution in [0.2, 0.25) is 0 Å². The summed E-state index contributed by atoms with van der Waals surface area (Å²) in [5, 5.41) is 7.36. The highest BCUT2D eigenvalue weighted by atomic mass is 32.2. The maximum Gasteiger partial charge on any atom is 0.240 e. The molecule has 1 atom stereocenters. The number of amides is 1. The van der Waals surface area contributed by atoms with Gasteiger partial charge in [-0.15, -0.1) is 0 Å². The first kappa shape index (κ1) is 23.1. The van der Waals surface area contributed by atoms with Crippen molar-refractivity contribution < 1.29 is 17.6 Å². The molecule has 0 bridgehead atoms. The van der Waals surface area contributed by atoms with Crippen molar-refractivity contribution in [2.24, 2.45) is 0 Å². The number of aryl methyl sites for hydroxylation is 1. The van der Waals surface area contributed by atoms with Crippen LogP contribution in [0.1, 0.15) is 49.0 Å². The summed E-state index contributed by atoms with van der Waals surface area (Å²) in [5.74, 6) is -0.417. The van der Waals surface area contributed by atoms with Crippen molar-refractivity contribution in [2.75, 3.05) is 0 Å². The van der Waals surface area contributed by atoms with Crippen molar-refractivity contribution in [1.29, 1.82) is 0 Å². The minimum Gasteiger partial charge on any atom is -0.349 e.